The second-order valence-electron chi connectivity index (χ2n) is 10.8. The van der Waals surface area contributed by atoms with Crippen LogP contribution in [0.4, 0.5) is 8.78 Å². The molecule has 9 atom stereocenters. The summed E-state index contributed by atoms with van der Waals surface area (Å²) in [4.78, 5) is 24.5. The number of aliphatic hydroxyl groups excluding tert-OH is 1. The first kappa shape index (κ1) is 24.8. The third-order valence-electron chi connectivity index (χ3n) is 9.22. The van der Waals surface area contributed by atoms with Crippen molar-refractivity contribution >= 4 is 23.4 Å². The van der Waals surface area contributed by atoms with Gasteiger partial charge in [0, 0.05) is 23.2 Å². The maximum absolute atomic E-state index is 17.3. The zero-order chi connectivity index (χ0) is 24.3. The second-order valence-corrected chi connectivity index (χ2v) is 11.2. The van der Waals surface area contributed by atoms with Gasteiger partial charge >= 0.3 is 5.97 Å². The molecular weight excluding hydrogens is 450 g/mol. The molecule has 4 rings (SSSR count). The predicted octanol–water partition coefficient (Wildman–Crippen LogP) is 5.61. The van der Waals surface area contributed by atoms with Crippen molar-refractivity contribution in [3.05, 3.63) is 22.8 Å². The van der Waals surface area contributed by atoms with Gasteiger partial charge in [-0.15, -0.1) is 0 Å². The number of hydrogen-bond donors (Lipinski definition) is 1. The topological polar surface area (TPSA) is 63.6 Å². The molecule has 0 aromatic carbocycles. The van der Waals surface area contributed by atoms with Gasteiger partial charge in [0.2, 0.25) is 0 Å². The van der Waals surface area contributed by atoms with Gasteiger partial charge in [0.1, 0.15) is 12.3 Å². The lowest BCUT2D eigenvalue weighted by Crippen LogP contribution is -2.69. The number of carbonyl (C=O) groups excluding carboxylic acids is 2. The molecule has 33 heavy (non-hydrogen) atoms. The highest BCUT2D eigenvalue weighted by atomic mass is 35.5. The van der Waals surface area contributed by atoms with Crippen molar-refractivity contribution < 1.29 is 28.2 Å². The number of halogens is 3. The number of allylic oxidation sites excluding steroid dienone is 4. The molecule has 184 valence electrons. The van der Waals surface area contributed by atoms with Crippen LogP contribution in [0.2, 0.25) is 0 Å². The Kier molecular flexibility index (Phi) is 6.35. The van der Waals surface area contributed by atoms with E-state index in [-0.39, 0.29) is 47.7 Å². The van der Waals surface area contributed by atoms with Gasteiger partial charge in [-0.05, 0) is 56.1 Å². The molecule has 0 aromatic heterocycles. The Morgan fingerprint density at radius 3 is 2.64 bits per heavy atom. The first-order valence-electron chi connectivity index (χ1n) is 12.3. The molecule has 4 aliphatic carbocycles. The minimum absolute atomic E-state index is 0.0215. The Morgan fingerprint density at radius 1 is 1.30 bits per heavy atom. The van der Waals surface area contributed by atoms with Gasteiger partial charge in [-0.3, -0.25) is 9.59 Å². The molecule has 0 heterocycles. The largest absolute Gasteiger partial charge is 0.461 e. The van der Waals surface area contributed by atoms with E-state index in [0.717, 1.165) is 12.8 Å². The van der Waals surface area contributed by atoms with Gasteiger partial charge in [0.25, 0.3) is 0 Å². The van der Waals surface area contributed by atoms with Crippen LogP contribution in [0, 0.1) is 28.6 Å². The summed E-state index contributed by atoms with van der Waals surface area (Å²) < 4.78 is 39.0. The second kappa shape index (κ2) is 8.44. The standard InChI is InChI=1S/C26H35ClF2O4/c1-5-7-9-25-13-19(31)26(29)16(15(25)11-14(3)23(25)33-20(32)6-2)12-17(28)21-22(27)18(30)8-10-24(21,26)4/h8,10,14-17,19,23,31H,5-7,9,11-13H2,1-4H3/t14-,15+,16+,17+,19+,23-,24+,25+,26+/m1/s1. The lowest BCUT2D eigenvalue weighted by molar-refractivity contribution is -0.218. The van der Waals surface area contributed by atoms with Gasteiger partial charge in [0.05, 0.1) is 11.1 Å². The molecule has 0 bridgehead atoms. The number of carbonyl (C=O) groups is 2. The minimum atomic E-state index is -2.17. The number of unbranched alkanes of at least 4 members (excludes halogenated alkanes) is 1. The summed E-state index contributed by atoms with van der Waals surface area (Å²) in [6, 6.07) is 0. The van der Waals surface area contributed by atoms with E-state index in [1.54, 1.807) is 13.8 Å². The van der Waals surface area contributed by atoms with Crippen LogP contribution in [-0.4, -0.2) is 40.9 Å². The number of hydrogen-bond acceptors (Lipinski definition) is 4. The Balaban J connectivity index is 1.84. The average molecular weight is 485 g/mol. The Morgan fingerprint density at radius 2 is 2.00 bits per heavy atom. The number of ketones is 1. The van der Waals surface area contributed by atoms with E-state index in [0.29, 0.717) is 12.8 Å². The summed E-state index contributed by atoms with van der Waals surface area (Å²) in [7, 11) is 0. The van der Waals surface area contributed by atoms with Crippen LogP contribution in [0.5, 0.6) is 0 Å². The highest BCUT2D eigenvalue weighted by Crippen LogP contribution is 2.70. The van der Waals surface area contributed by atoms with E-state index in [9.17, 15) is 14.7 Å². The minimum Gasteiger partial charge on any atom is -0.461 e. The molecule has 0 unspecified atom stereocenters. The zero-order valence-electron chi connectivity index (χ0n) is 19.9. The number of aliphatic hydroxyl groups is 1. The van der Waals surface area contributed by atoms with E-state index in [2.05, 4.69) is 6.92 Å². The maximum Gasteiger partial charge on any atom is 0.305 e. The molecule has 0 radical (unpaired) electrons. The summed E-state index contributed by atoms with van der Waals surface area (Å²) in [6.07, 6.45) is 2.49. The molecule has 7 heteroatoms. The van der Waals surface area contributed by atoms with Gasteiger partial charge in [-0.1, -0.05) is 51.3 Å². The van der Waals surface area contributed by atoms with E-state index in [1.807, 2.05) is 6.92 Å². The molecule has 0 aromatic rings. The number of esters is 1. The summed E-state index contributed by atoms with van der Waals surface area (Å²) in [6.45, 7) is 7.37. The van der Waals surface area contributed by atoms with E-state index in [1.165, 1.54) is 12.2 Å². The SMILES string of the molecule is CCCC[C@]12C[C@H](O)[C@@]3(F)[C@@H](C[C@H](F)C4=C(Cl)C(=O)C=C[C@@]43C)[C@@H]1C[C@@H](C)[C@H]2OC(=O)CC. The van der Waals surface area contributed by atoms with Crippen LogP contribution in [0.3, 0.4) is 0 Å². The lowest BCUT2D eigenvalue weighted by atomic mass is 9.44. The van der Waals surface area contributed by atoms with Crippen LogP contribution in [0.1, 0.15) is 72.6 Å². The van der Waals surface area contributed by atoms with Crippen LogP contribution in [-0.2, 0) is 14.3 Å². The van der Waals surface area contributed by atoms with Gasteiger partial charge in [0.15, 0.2) is 11.5 Å². The molecule has 3 fully saturated rings. The molecule has 0 aliphatic heterocycles. The van der Waals surface area contributed by atoms with Crippen LogP contribution < -0.4 is 0 Å². The molecule has 0 spiro atoms. The smallest absolute Gasteiger partial charge is 0.305 e. The monoisotopic (exact) mass is 484 g/mol. The van der Waals surface area contributed by atoms with E-state index in [4.69, 9.17) is 16.3 Å². The Labute approximate surface area is 199 Å². The Hall–Kier alpha value is -1.27. The molecule has 4 nitrogen and oxygen atoms in total. The molecule has 0 saturated heterocycles. The van der Waals surface area contributed by atoms with E-state index < -0.39 is 46.6 Å². The predicted molar refractivity (Wildman–Crippen MR) is 122 cm³/mol. The third-order valence-corrected chi connectivity index (χ3v) is 9.61. The average Bonchev–Trinajstić information content (AvgIpc) is 3.03. The van der Waals surface area contributed by atoms with Crippen LogP contribution in [0.15, 0.2) is 22.8 Å². The zero-order valence-corrected chi connectivity index (χ0v) is 20.6. The van der Waals surface area contributed by atoms with Crippen molar-refractivity contribution in [1.82, 2.24) is 0 Å². The lowest BCUT2D eigenvalue weighted by Gasteiger charge is -2.63. The summed E-state index contributed by atoms with van der Waals surface area (Å²) in [5.74, 6) is -1.88. The molecule has 0 amide bonds. The fraction of sp³-hybridized carbons (Fsp3) is 0.769. The fourth-order valence-electron chi connectivity index (χ4n) is 7.78. The van der Waals surface area contributed by atoms with Crippen molar-refractivity contribution in [2.24, 2.45) is 28.6 Å². The quantitative estimate of drug-likeness (QED) is 0.515. The van der Waals surface area contributed by atoms with Crippen molar-refractivity contribution in [3.8, 4) is 0 Å². The van der Waals surface area contributed by atoms with Crippen molar-refractivity contribution in [2.75, 3.05) is 0 Å². The fourth-order valence-corrected chi connectivity index (χ4v) is 8.16. The van der Waals surface area contributed by atoms with Crippen LogP contribution in [0.25, 0.3) is 0 Å². The van der Waals surface area contributed by atoms with Gasteiger partial charge in [-0.25, -0.2) is 8.78 Å². The summed E-state index contributed by atoms with van der Waals surface area (Å²) in [5, 5.41) is 11.2. The van der Waals surface area contributed by atoms with Crippen molar-refractivity contribution in [3.63, 3.8) is 0 Å². The number of alkyl halides is 2. The highest BCUT2D eigenvalue weighted by molar-refractivity contribution is 6.45. The van der Waals surface area contributed by atoms with Gasteiger partial charge in [-0.2, -0.15) is 0 Å². The van der Waals surface area contributed by atoms with Crippen molar-refractivity contribution in [1.29, 1.82) is 0 Å². The number of rotatable bonds is 5. The molecular formula is C26H35ClF2O4. The Bertz CT molecular complexity index is 903. The maximum atomic E-state index is 17.3. The van der Waals surface area contributed by atoms with Gasteiger partial charge < -0.3 is 9.84 Å². The van der Waals surface area contributed by atoms with E-state index >= 15 is 8.78 Å². The summed E-state index contributed by atoms with van der Waals surface area (Å²) in [5.41, 5.74) is -4.34. The normalized spacial score (nSPS) is 46.6. The molecule has 4 aliphatic rings. The molecule has 1 N–H and O–H groups in total. The molecule has 3 saturated carbocycles. The first-order valence-corrected chi connectivity index (χ1v) is 12.7. The third kappa shape index (κ3) is 3.30. The van der Waals surface area contributed by atoms with Crippen molar-refractivity contribution in [2.45, 2.75) is 96.7 Å². The summed E-state index contributed by atoms with van der Waals surface area (Å²) >= 11 is 6.23. The number of fused-ring (bicyclic) bond motifs is 5. The van der Waals surface area contributed by atoms with Crippen LogP contribution >= 0.6 is 11.6 Å². The highest BCUT2D eigenvalue weighted by Gasteiger charge is 2.74. The number of ether oxygens (including phenoxy) is 1. The first-order chi connectivity index (χ1) is 15.5.